The maximum atomic E-state index is 13.6. The van der Waals surface area contributed by atoms with E-state index in [1.807, 2.05) is 0 Å². The summed E-state index contributed by atoms with van der Waals surface area (Å²) in [6, 6.07) is 1.70. The number of carbonyl (C=O) groups is 1. The summed E-state index contributed by atoms with van der Waals surface area (Å²) >= 11 is 2.87. The molecule has 0 saturated heterocycles. The summed E-state index contributed by atoms with van der Waals surface area (Å²) in [5.41, 5.74) is -0.912. The molecule has 0 aliphatic heterocycles. The summed E-state index contributed by atoms with van der Waals surface area (Å²) in [5, 5.41) is -1.25. The topological polar surface area (TPSA) is 30.0 Å². The van der Waals surface area contributed by atoms with E-state index < -0.39 is 39.0 Å². The van der Waals surface area contributed by atoms with Crippen LogP contribution in [0.1, 0.15) is 20.2 Å². The summed E-state index contributed by atoms with van der Waals surface area (Å²) in [6.45, 7) is 0. The second kappa shape index (κ2) is 5.21. The third-order valence-electron chi connectivity index (χ3n) is 2.21. The fourth-order valence-electron chi connectivity index (χ4n) is 1.39. The Morgan fingerprint density at radius 3 is 2.20 bits per heavy atom. The number of hydrogen-bond donors (Lipinski definition) is 0. The van der Waals surface area contributed by atoms with Crippen LogP contribution < -0.4 is 0 Å². The van der Waals surface area contributed by atoms with Crippen molar-refractivity contribution < 1.29 is 26.7 Å². The van der Waals surface area contributed by atoms with Gasteiger partial charge in [0.15, 0.2) is 5.01 Å². The molecular formula is C11H3BrF5NOS. The number of hydrogen-bond acceptors (Lipinski definition) is 3. The molecule has 9 heteroatoms. The molecule has 0 unspecified atom stereocenters. The van der Waals surface area contributed by atoms with Crippen LogP contribution in [-0.2, 0) is 6.18 Å². The monoisotopic (exact) mass is 371 g/mol. The van der Waals surface area contributed by atoms with Crippen LogP contribution in [0.25, 0.3) is 0 Å². The molecule has 1 heterocycles. The number of nitrogens with zero attached hydrogens (tertiary/aromatic N) is 1. The van der Waals surface area contributed by atoms with E-state index in [4.69, 9.17) is 0 Å². The molecule has 2 nitrogen and oxygen atoms in total. The molecule has 20 heavy (non-hydrogen) atoms. The van der Waals surface area contributed by atoms with Gasteiger partial charge in [0.25, 0.3) is 0 Å². The molecule has 1 aromatic heterocycles. The molecule has 2 aromatic rings. The summed E-state index contributed by atoms with van der Waals surface area (Å²) in [4.78, 5) is 14.4. The maximum Gasteiger partial charge on any atom is 0.443 e. The molecule has 0 fully saturated rings. The average Bonchev–Trinajstić information content (AvgIpc) is 2.75. The average molecular weight is 372 g/mol. The summed E-state index contributed by atoms with van der Waals surface area (Å²) in [5.74, 6) is -3.51. The van der Waals surface area contributed by atoms with Gasteiger partial charge in [-0.2, -0.15) is 13.2 Å². The van der Waals surface area contributed by atoms with Gasteiger partial charge in [-0.25, -0.2) is 13.8 Å². The fourth-order valence-corrected chi connectivity index (χ4v) is 2.52. The maximum absolute atomic E-state index is 13.6. The van der Waals surface area contributed by atoms with E-state index in [9.17, 15) is 26.7 Å². The van der Waals surface area contributed by atoms with Crippen molar-refractivity contribution in [3.8, 4) is 0 Å². The number of alkyl halides is 3. The second-order valence-electron chi connectivity index (χ2n) is 3.60. The smallest absolute Gasteiger partial charge is 0.287 e. The number of aromatic nitrogens is 1. The molecule has 0 saturated carbocycles. The lowest BCUT2D eigenvalue weighted by molar-refractivity contribution is -0.137. The molecule has 0 amide bonds. The number of carbonyl (C=O) groups excluding carboxylic acids is 1. The summed E-state index contributed by atoms with van der Waals surface area (Å²) in [7, 11) is 0. The predicted octanol–water partition coefficient (Wildman–Crippen LogP) is 4.43. The molecule has 0 spiro atoms. The minimum absolute atomic E-state index is 0.0337. The van der Waals surface area contributed by atoms with Crippen LogP contribution in [0.2, 0.25) is 0 Å². The summed E-state index contributed by atoms with van der Waals surface area (Å²) < 4.78 is 64.3. The van der Waals surface area contributed by atoms with Gasteiger partial charge in [0.2, 0.25) is 5.78 Å². The zero-order chi connectivity index (χ0) is 15.1. The van der Waals surface area contributed by atoms with Crippen LogP contribution in [0.3, 0.4) is 0 Å². The predicted molar refractivity (Wildman–Crippen MR) is 64.6 cm³/mol. The first-order chi connectivity index (χ1) is 9.20. The molecular weight excluding hydrogens is 369 g/mol. The van der Waals surface area contributed by atoms with Crippen molar-refractivity contribution in [2.24, 2.45) is 0 Å². The van der Waals surface area contributed by atoms with Crippen molar-refractivity contribution >= 4 is 33.0 Å². The zero-order valence-electron chi connectivity index (χ0n) is 9.26. The van der Waals surface area contributed by atoms with E-state index in [1.165, 1.54) is 0 Å². The minimum atomic E-state index is -4.71. The third-order valence-corrected chi connectivity index (χ3v) is 3.70. The van der Waals surface area contributed by atoms with Crippen LogP contribution in [0, 0.1) is 11.6 Å². The van der Waals surface area contributed by atoms with Crippen LogP contribution in [0.4, 0.5) is 22.0 Å². The van der Waals surface area contributed by atoms with Crippen molar-refractivity contribution in [2.75, 3.05) is 0 Å². The number of thiazole rings is 1. The molecule has 2 rings (SSSR count). The van der Waals surface area contributed by atoms with Gasteiger partial charge in [-0.05, 0) is 12.1 Å². The molecule has 0 atom stereocenters. The van der Waals surface area contributed by atoms with Gasteiger partial charge in [-0.15, -0.1) is 11.3 Å². The number of ketones is 1. The summed E-state index contributed by atoms with van der Waals surface area (Å²) in [6.07, 6.45) is -4.06. The Labute approximate surface area is 121 Å². The Balaban J connectivity index is 2.45. The van der Waals surface area contributed by atoms with Gasteiger partial charge < -0.3 is 0 Å². The number of benzene rings is 1. The highest BCUT2D eigenvalue weighted by atomic mass is 79.9. The largest absolute Gasteiger partial charge is 0.443 e. The van der Waals surface area contributed by atoms with E-state index in [2.05, 4.69) is 20.9 Å². The van der Waals surface area contributed by atoms with Crippen molar-refractivity contribution in [2.45, 2.75) is 6.18 Å². The van der Waals surface area contributed by atoms with Gasteiger partial charge in [-0.3, -0.25) is 4.79 Å². The van der Waals surface area contributed by atoms with Crippen molar-refractivity contribution in [1.82, 2.24) is 4.98 Å². The third kappa shape index (κ3) is 2.88. The van der Waals surface area contributed by atoms with Crippen LogP contribution in [-0.4, -0.2) is 10.8 Å². The van der Waals surface area contributed by atoms with E-state index >= 15 is 0 Å². The molecule has 0 bridgehead atoms. The SMILES string of the molecule is O=C(c1cnc(C(F)(F)F)s1)c1c(F)cc(Br)cc1F. The van der Waals surface area contributed by atoms with Crippen molar-refractivity contribution in [1.29, 1.82) is 0 Å². The number of rotatable bonds is 2. The normalized spacial score (nSPS) is 11.7. The van der Waals surface area contributed by atoms with Crippen LogP contribution in [0.5, 0.6) is 0 Å². The van der Waals surface area contributed by atoms with E-state index in [0.717, 1.165) is 12.1 Å². The molecule has 106 valence electrons. The molecule has 0 radical (unpaired) electrons. The second-order valence-corrected chi connectivity index (χ2v) is 5.55. The highest BCUT2D eigenvalue weighted by Gasteiger charge is 2.35. The standard InChI is InChI=1S/C11H3BrF5NOS/c12-4-1-5(13)8(6(14)2-4)9(19)7-3-18-10(20-7)11(15,16)17/h1-3H. The lowest BCUT2D eigenvalue weighted by atomic mass is 10.1. The Kier molecular flexibility index (Phi) is 3.92. The first-order valence-corrected chi connectivity index (χ1v) is 6.53. The lowest BCUT2D eigenvalue weighted by Gasteiger charge is -2.03. The van der Waals surface area contributed by atoms with Gasteiger partial charge in [0.1, 0.15) is 11.6 Å². The highest BCUT2D eigenvalue weighted by Crippen LogP contribution is 2.33. The van der Waals surface area contributed by atoms with Crippen molar-refractivity contribution in [3.63, 3.8) is 0 Å². The fraction of sp³-hybridized carbons (Fsp3) is 0.0909. The van der Waals surface area contributed by atoms with Gasteiger partial charge in [0.05, 0.1) is 10.4 Å². The lowest BCUT2D eigenvalue weighted by Crippen LogP contribution is -2.06. The minimum Gasteiger partial charge on any atom is -0.287 e. The number of halogens is 6. The van der Waals surface area contributed by atoms with Crippen LogP contribution in [0.15, 0.2) is 22.8 Å². The zero-order valence-corrected chi connectivity index (χ0v) is 11.7. The van der Waals surface area contributed by atoms with Crippen LogP contribution >= 0.6 is 27.3 Å². The highest BCUT2D eigenvalue weighted by molar-refractivity contribution is 9.10. The van der Waals surface area contributed by atoms with E-state index in [1.54, 1.807) is 0 Å². The van der Waals surface area contributed by atoms with Gasteiger partial charge >= 0.3 is 6.18 Å². The van der Waals surface area contributed by atoms with E-state index in [0.29, 0.717) is 6.20 Å². The van der Waals surface area contributed by atoms with Gasteiger partial charge in [0, 0.05) is 10.7 Å². The van der Waals surface area contributed by atoms with Crippen molar-refractivity contribution in [3.05, 3.63) is 49.9 Å². The Hall–Kier alpha value is -1.35. The Morgan fingerprint density at radius 1 is 1.20 bits per heavy atom. The van der Waals surface area contributed by atoms with E-state index in [-0.39, 0.29) is 15.8 Å². The van der Waals surface area contributed by atoms with Gasteiger partial charge in [-0.1, -0.05) is 15.9 Å². The first-order valence-electron chi connectivity index (χ1n) is 4.92. The Bertz CT molecular complexity index is 659. The quantitative estimate of drug-likeness (QED) is 0.577. The first kappa shape index (κ1) is 15.0. The molecule has 0 aliphatic carbocycles. The molecule has 0 N–H and O–H groups in total. The Morgan fingerprint density at radius 2 is 1.75 bits per heavy atom. The molecule has 1 aromatic carbocycles. The molecule has 0 aliphatic rings.